The number of ether oxygens (including phenoxy) is 1. The first kappa shape index (κ1) is 20.7. The summed E-state index contributed by atoms with van der Waals surface area (Å²) in [4.78, 5) is 24.1. The van der Waals surface area contributed by atoms with Gasteiger partial charge in [-0.05, 0) is 24.6 Å². The third-order valence-corrected chi connectivity index (χ3v) is 5.63. The number of anilines is 1. The molecular formula is C25H24N6O2. The molecule has 8 heteroatoms. The van der Waals surface area contributed by atoms with Crippen LogP contribution in [0, 0.1) is 0 Å². The highest BCUT2D eigenvalue weighted by Gasteiger charge is 2.22. The molecule has 0 unspecified atom stereocenters. The molecule has 2 aliphatic rings. The number of aromatic nitrogens is 5. The summed E-state index contributed by atoms with van der Waals surface area (Å²) in [7, 11) is 3.96. The molecule has 0 bridgehead atoms. The van der Waals surface area contributed by atoms with Crippen LogP contribution >= 0.6 is 0 Å². The SMILES string of the molecule is CCOC(=O)c1cnn2c(N(C)Cc3ccccc3)cc(-c3cnc4n(C)cccc3-4)nc12. The molecule has 2 aromatic heterocycles. The second-order valence-electron chi connectivity index (χ2n) is 7.88. The Morgan fingerprint density at radius 1 is 1.09 bits per heavy atom. The monoisotopic (exact) mass is 440 g/mol. The third kappa shape index (κ3) is 3.69. The Bertz CT molecular complexity index is 1410. The lowest BCUT2D eigenvalue weighted by Crippen LogP contribution is -2.20. The second-order valence-corrected chi connectivity index (χ2v) is 7.88. The van der Waals surface area contributed by atoms with Crippen LogP contribution in [0.4, 0.5) is 5.82 Å². The summed E-state index contributed by atoms with van der Waals surface area (Å²) < 4.78 is 8.91. The molecule has 0 radical (unpaired) electrons. The molecule has 5 rings (SSSR count). The molecule has 0 atom stereocenters. The Labute approximate surface area is 191 Å². The smallest absolute Gasteiger partial charge is 0.343 e. The maximum atomic E-state index is 12.6. The quantitative estimate of drug-likeness (QED) is 0.371. The van der Waals surface area contributed by atoms with Gasteiger partial charge in [0.2, 0.25) is 0 Å². The predicted octanol–water partition coefficient (Wildman–Crippen LogP) is 4.05. The van der Waals surface area contributed by atoms with Crippen LogP contribution in [0.3, 0.4) is 0 Å². The molecule has 2 aliphatic heterocycles. The van der Waals surface area contributed by atoms with Crippen molar-refractivity contribution in [2.75, 3.05) is 18.6 Å². The molecule has 0 aliphatic carbocycles. The summed E-state index contributed by atoms with van der Waals surface area (Å²) in [5.74, 6) is 1.24. The van der Waals surface area contributed by atoms with E-state index in [-0.39, 0.29) is 6.61 Å². The van der Waals surface area contributed by atoms with Gasteiger partial charge in [0.05, 0.1) is 18.5 Å². The first-order valence-electron chi connectivity index (χ1n) is 10.8. The van der Waals surface area contributed by atoms with Crippen LogP contribution in [-0.4, -0.2) is 43.8 Å². The molecule has 0 amide bonds. The number of pyridine rings is 1. The average Bonchev–Trinajstić information content (AvgIpc) is 3.44. The normalized spacial score (nSPS) is 11.2. The fourth-order valence-electron chi connectivity index (χ4n) is 4.02. The predicted molar refractivity (Wildman–Crippen MR) is 126 cm³/mol. The van der Waals surface area contributed by atoms with Crippen LogP contribution in [0.5, 0.6) is 0 Å². The van der Waals surface area contributed by atoms with Gasteiger partial charge >= 0.3 is 5.97 Å². The van der Waals surface area contributed by atoms with Crippen molar-refractivity contribution in [3.63, 3.8) is 0 Å². The van der Waals surface area contributed by atoms with Crippen molar-refractivity contribution in [2.45, 2.75) is 13.5 Å². The van der Waals surface area contributed by atoms with E-state index >= 15 is 0 Å². The molecule has 1 aromatic carbocycles. The number of fused-ring (bicyclic) bond motifs is 2. The average molecular weight is 441 g/mol. The summed E-state index contributed by atoms with van der Waals surface area (Å²) in [5, 5.41) is 4.48. The maximum absolute atomic E-state index is 12.6. The number of benzene rings is 1. The second kappa shape index (κ2) is 8.38. The molecule has 0 N–H and O–H groups in total. The van der Waals surface area contributed by atoms with Gasteiger partial charge in [0, 0.05) is 50.2 Å². The molecule has 0 spiro atoms. The van der Waals surface area contributed by atoms with Crippen LogP contribution in [0.1, 0.15) is 22.8 Å². The number of carbonyl (C=O) groups excluding carboxylic acids is 1. The Morgan fingerprint density at radius 3 is 2.70 bits per heavy atom. The van der Waals surface area contributed by atoms with E-state index in [4.69, 9.17) is 9.72 Å². The van der Waals surface area contributed by atoms with Gasteiger partial charge in [-0.25, -0.2) is 14.8 Å². The third-order valence-electron chi connectivity index (χ3n) is 5.63. The van der Waals surface area contributed by atoms with Gasteiger partial charge in [0.15, 0.2) is 5.65 Å². The molecule has 0 saturated heterocycles. The van der Waals surface area contributed by atoms with Crippen molar-refractivity contribution in [3.05, 3.63) is 78.2 Å². The minimum absolute atomic E-state index is 0.282. The number of hydrogen-bond acceptors (Lipinski definition) is 6. The van der Waals surface area contributed by atoms with Crippen molar-refractivity contribution in [1.82, 2.24) is 24.1 Å². The topological polar surface area (TPSA) is 77.5 Å². The minimum atomic E-state index is -0.439. The zero-order valence-corrected chi connectivity index (χ0v) is 18.8. The van der Waals surface area contributed by atoms with Crippen molar-refractivity contribution in [2.24, 2.45) is 7.05 Å². The van der Waals surface area contributed by atoms with Gasteiger partial charge in [-0.2, -0.15) is 9.61 Å². The Balaban J connectivity index is 1.68. The highest BCUT2D eigenvalue weighted by Crippen LogP contribution is 2.34. The highest BCUT2D eigenvalue weighted by molar-refractivity contribution is 5.96. The zero-order chi connectivity index (χ0) is 22.9. The molecule has 4 heterocycles. The van der Waals surface area contributed by atoms with Gasteiger partial charge in [-0.3, -0.25) is 0 Å². The zero-order valence-electron chi connectivity index (χ0n) is 18.8. The molecule has 3 aromatic rings. The number of carbonyl (C=O) groups is 1. The molecule has 8 nitrogen and oxygen atoms in total. The van der Waals surface area contributed by atoms with Crippen LogP contribution in [0.15, 0.2) is 67.1 Å². The van der Waals surface area contributed by atoms with Crippen molar-refractivity contribution in [1.29, 1.82) is 0 Å². The van der Waals surface area contributed by atoms with E-state index in [1.807, 2.05) is 67.5 Å². The van der Waals surface area contributed by atoms with Crippen LogP contribution in [0.2, 0.25) is 0 Å². The van der Waals surface area contributed by atoms with Crippen LogP contribution < -0.4 is 4.90 Å². The van der Waals surface area contributed by atoms with Crippen LogP contribution in [-0.2, 0) is 18.3 Å². The van der Waals surface area contributed by atoms with E-state index in [0.29, 0.717) is 17.8 Å². The molecule has 0 fully saturated rings. The van der Waals surface area contributed by atoms with E-state index in [0.717, 1.165) is 34.0 Å². The lowest BCUT2D eigenvalue weighted by molar-refractivity contribution is 0.0528. The van der Waals surface area contributed by atoms with E-state index in [1.165, 1.54) is 6.20 Å². The van der Waals surface area contributed by atoms with Crippen molar-refractivity contribution in [3.8, 4) is 22.6 Å². The van der Waals surface area contributed by atoms with E-state index < -0.39 is 5.97 Å². The van der Waals surface area contributed by atoms with E-state index in [2.05, 4.69) is 27.1 Å². The Kier molecular flexibility index (Phi) is 5.26. The minimum Gasteiger partial charge on any atom is -0.462 e. The maximum Gasteiger partial charge on any atom is 0.343 e. The first-order chi connectivity index (χ1) is 16.1. The number of hydrogen-bond donors (Lipinski definition) is 0. The molecular weight excluding hydrogens is 416 g/mol. The summed E-state index contributed by atoms with van der Waals surface area (Å²) in [6.07, 6.45) is 5.31. The van der Waals surface area contributed by atoms with Gasteiger partial charge in [0.25, 0.3) is 0 Å². The molecule has 33 heavy (non-hydrogen) atoms. The fraction of sp³-hybridized carbons (Fsp3) is 0.200. The first-order valence-corrected chi connectivity index (χ1v) is 10.8. The van der Waals surface area contributed by atoms with Crippen LogP contribution in [0.25, 0.3) is 28.3 Å². The lowest BCUT2D eigenvalue weighted by Gasteiger charge is -2.21. The Hall–Kier alpha value is -4.20. The number of esters is 1. The molecule has 0 saturated carbocycles. The number of rotatable bonds is 6. The van der Waals surface area contributed by atoms with Gasteiger partial charge in [-0.1, -0.05) is 30.3 Å². The van der Waals surface area contributed by atoms with Crippen molar-refractivity contribution < 1.29 is 9.53 Å². The number of aryl methyl sites for hydroxylation is 1. The largest absolute Gasteiger partial charge is 0.462 e. The highest BCUT2D eigenvalue weighted by atomic mass is 16.5. The van der Waals surface area contributed by atoms with Crippen molar-refractivity contribution >= 4 is 17.4 Å². The summed E-state index contributed by atoms with van der Waals surface area (Å²) in [6.45, 7) is 2.73. The van der Waals surface area contributed by atoms with Gasteiger partial charge < -0.3 is 14.2 Å². The van der Waals surface area contributed by atoms with Gasteiger partial charge in [0.1, 0.15) is 17.2 Å². The standard InChI is InChI=1S/C25H24N6O2/c1-4-33-25(32)20-15-27-31-22(30(3)16-17-9-6-5-7-10-17)13-21(28-24(20)31)19-14-26-23-18(19)11-8-12-29(23)2/h5-15H,4,16H2,1-3H3. The molecule has 166 valence electrons. The summed E-state index contributed by atoms with van der Waals surface area (Å²) in [5.41, 5.74) is 4.56. The summed E-state index contributed by atoms with van der Waals surface area (Å²) >= 11 is 0. The van der Waals surface area contributed by atoms with E-state index in [9.17, 15) is 4.79 Å². The van der Waals surface area contributed by atoms with E-state index in [1.54, 1.807) is 11.4 Å². The Morgan fingerprint density at radius 2 is 1.91 bits per heavy atom. The summed E-state index contributed by atoms with van der Waals surface area (Å²) in [6, 6.07) is 16.2. The number of nitrogens with zero attached hydrogens (tertiary/aromatic N) is 6. The fourth-order valence-corrected chi connectivity index (χ4v) is 4.02. The van der Waals surface area contributed by atoms with Gasteiger partial charge in [-0.15, -0.1) is 0 Å². The lowest BCUT2D eigenvalue weighted by atomic mass is 10.1.